The fourth-order valence-corrected chi connectivity index (χ4v) is 4.81. The average Bonchev–Trinajstić information content (AvgIpc) is 2.97. The summed E-state index contributed by atoms with van der Waals surface area (Å²) in [5.74, 6) is 0.292. The number of anilines is 3. The van der Waals surface area contributed by atoms with Crippen LogP contribution in [0.1, 0.15) is 69.7 Å². The van der Waals surface area contributed by atoms with Crippen LogP contribution in [-0.2, 0) is 6.54 Å². The number of rotatable bonds is 11. The third-order valence-corrected chi connectivity index (χ3v) is 7.51. The Morgan fingerprint density at radius 3 is 2.43 bits per heavy atom. The molecule has 7 N–H and O–H groups in total. The molecule has 1 aromatic heterocycles. The minimum Gasteiger partial charge on any atom is -0.399 e. The van der Waals surface area contributed by atoms with Crippen molar-refractivity contribution in [3.8, 4) is 0 Å². The Morgan fingerprint density at radius 2 is 1.83 bits per heavy atom. The van der Waals surface area contributed by atoms with Gasteiger partial charge in [0.2, 0.25) is 5.95 Å². The number of aryl methyl sites for hydroxylation is 1. The van der Waals surface area contributed by atoms with Crippen LogP contribution in [0.25, 0.3) is 0 Å². The lowest BCUT2D eigenvalue weighted by molar-refractivity contribution is -0.145. The summed E-state index contributed by atoms with van der Waals surface area (Å²) in [6.45, 7) is 7.89. The van der Waals surface area contributed by atoms with Crippen LogP contribution in [0.4, 0.5) is 17.5 Å². The summed E-state index contributed by atoms with van der Waals surface area (Å²) in [5.41, 5.74) is 9.51. The van der Waals surface area contributed by atoms with Crippen molar-refractivity contribution in [3.63, 3.8) is 0 Å². The minimum atomic E-state index is -1.46. The maximum Gasteiger partial charge on any atom is 0.225 e. The third-order valence-electron chi connectivity index (χ3n) is 6.82. The molecule has 0 atom stereocenters. The molecule has 230 valence electrons. The number of aliphatic hydroxyl groups is 3. The van der Waals surface area contributed by atoms with E-state index in [-0.39, 0.29) is 6.61 Å². The highest BCUT2D eigenvalue weighted by molar-refractivity contribution is 8.13. The zero-order valence-electron chi connectivity index (χ0n) is 25.5. The molecule has 10 heteroatoms. The molecule has 1 aliphatic rings. The number of allylic oxidation sites excluding steroid dienone is 5. The second-order valence-corrected chi connectivity index (χ2v) is 11.3. The Hall–Kier alpha value is -3.18. The van der Waals surface area contributed by atoms with Gasteiger partial charge < -0.3 is 31.7 Å². The molecule has 1 heterocycles. The van der Waals surface area contributed by atoms with E-state index in [2.05, 4.69) is 10.6 Å². The van der Waals surface area contributed by atoms with E-state index < -0.39 is 5.79 Å². The molecule has 0 amide bonds. The van der Waals surface area contributed by atoms with Crippen LogP contribution in [0.5, 0.6) is 0 Å². The van der Waals surface area contributed by atoms with Gasteiger partial charge in [-0.1, -0.05) is 43.4 Å². The van der Waals surface area contributed by atoms with Crippen molar-refractivity contribution < 1.29 is 15.3 Å². The van der Waals surface area contributed by atoms with Gasteiger partial charge in [-0.05, 0) is 88.8 Å². The number of nitrogens with two attached hydrogens (primary N) is 1. The summed E-state index contributed by atoms with van der Waals surface area (Å²) in [6, 6.07) is 8.09. The van der Waals surface area contributed by atoms with E-state index in [1.165, 1.54) is 6.92 Å². The fourth-order valence-electron chi connectivity index (χ4n) is 4.20. The predicted octanol–water partition coefficient (Wildman–Crippen LogP) is 5.80. The summed E-state index contributed by atoms with van der Waals surface area (Å²) in [6.07, 6.45) is 18.0. The maximum absolute atomic E-state index is 9.52. The monoisotopic (exact) mass is 596 g/mol. The van der Waals surface area contributed by atoms with E-state index in [0.717, 1.165) is 59.1 Å². The summed E-state index contributed by atoms with van der Waals surface area (Å²) in [5, 5.41) is 34.2. The molecule has 0 bridgehead atoms. The number of aromatic nitrogens is 2. The number of nitrogens with one attached hydrogen (secondary N) is 2. The van der Waals surface area contributed by atoms with E-state index in [1.807, 2.05) is 74.7 Å². The summed E-state index contributed by atoms with van der Waals surface area (Å²) >= 11 is 1.58. The molecule has 1 fully saturated rings. The van der Waals surface area contributed by atoms with Crippen molar-refractivity contribution in [1.29, 1.82) is 0 Å². The van der Waals surface area contributed by atoms with Crippen molar-refractivity contribution in [3.05, 3.63) is 77.7 Å². The molecule has 0 radical (unpaired) electrons. The molecule has 9 nitrogen and oxygen atoms in total. The van der Waals surface area contributed by atoms with Crippen molar-refractivity contribution in [2.45, 2.75) is 78.2 Å². The molecule has 2 aromatic rings. The van der Waals surface area contributed by atoms with Gasteiger partial charge in [0, 0.05) is 31.1 Å². The number of nitrogen functional groups attached to an aromatic ring is 1. The summed E-state index contributed by atoms with van der Waals surface area (Å²) in [4.78, 5) is 14.4. The third kappa shape index (κ3) is 12.8. The Labute approximate surface area is 255 Å². The summed E-state index contributed by atoms with van der Waals surface area (Å²) in [7, 11) is 0. The molecule has 42 heavy (non-hydrogen) atoms. The van der Waals surface area contributed by atoms with Gasteiger partial charge in [0.25, 0.3) is 0 Å². The standard InChI is InChI=1S/C28H38N6OS.C4H10O2/c1-4-5-6-7-8-16-30-27(36-3)25-20(2)32-28(31-18-22-10-9-11-23(29)17-22)34-26(25)33-24-14-12-21(19-35)13-15-24;1-3-4(2,5)6/h4-11,16-17,21,24,35H,12-15,18-19,29H2,1-3H3,(H2,31,32,33,34);5-6H,3H2,1-2H3/b5-4-,7-6-,16-8+,30-27?;. The lowest BCUT2D eigenvalue weighted by atomic mass is 9.86. The number of aliphatic imine (C=N–C) groups is 1. The van der Waals surface area contributed by atoms with Crippen LogP contribution in [0.15, 0.2) is 65.8 Å². The van der Waals surface area contributed by atoms with E-state index in [0.29, 0.717) is 30.9 Å². The SMILES string of the molecule is CCC(C)(O)O.C\C=C/C=C\C=C\N=C(SC)c1c(C)nc(NCc2cccc(N)c2)nc1NC1CCC(CO)CC1. The van der Waals surface area contributed by atoms with Gasteiger partial charge in [0.15, 0.2) is 5.79 Å². The van der Waals surface area contributed by atoms with Gasteiger partial charge in [0.1, 0.15) is 10.9 Å². The molecule has 0 unspecified atom stereocenters. The first-order valence-electron chi connectivity index (χ1n) is 14.5. The Morgan fingerprint density at radius 1 is 1.14 bits per heavy atom. The molecule has 0 aliphatic heterocycles. The first-order valence-corrected chi connectivity index (χ1v) is 15.7. The number of hydrogen-bond donors (Lipinski definition) is 6. The number of nitrogens with zero attached hydrogens (tertiary/aromatic N) is 3. The van der Waals surface area contributed by atoms with Crippen molar-refractivity contribution >= 4 is 34.3 Å². The largest absolute Gasteiger partial charge is 0.399 e. The number of benzene rings is 1. The van der Waals surface area contributed by atoms with Crippen molar-refractivity contribution in [1.82, 2.24) is 9.97 Å². The first-order chi connectivity index (χ1) is 20.1. The minimum absolute atomic E-state index is 0.265. The zero-order valence-corrected chi connectivity index (χ0v) is 26.4. The molecular formula is C32H48N6O3S. The van der Waals surface area contributed by atoms with Gasteiger partial charge in [-0.3, -0.25) is 0 Å². The summed E-state index contributed by atoms with van der Waals surface area (Å²) < 4.78 is 0. The van der Waals surface area contributed by atoms with Crippen LogP contribution in [0.3, 0.4) is 0 Å². The predicted molar refractivity (Wildman–Crippen MR) is 178 cm³/mol. The Bertz CT molecular complexity index is 1220. The van der Waals surface area contributed by atoms with Gasteiger partial charge in [-0.2, -0.15) is 4.98 Å². The molecule has 1 saturated carbocycles. The Kier molecular flexibility index (Phi) is 15.3. The highest BCUT2D eigenvalue weighted by atomic mass is 32.2. The average molecular weight is 597 g/mol. The van der Waals surface area contributed by atoms with Crippen molar-refractivity contribution in [2.24, 2.45) is 10.9 Å². The number of aliphatic hydroxyl groups excluding tert-OH is 1. The van der Waals surface area contributed by atoms with Crippen LogP contribution < -0.4 is 16.4 Å². The molecule has 0 spiro atoms. The fraction of sp³-hybridized carbons (Fsp3) is 0.469. The highest BCUT2D eigenvalue weighted by Gasteiger charge is 2.24. The molecule has 3 rings (SSSR count). The van der Waals surface area contributed by atoms with Crippen LogP contribution in [0, 0.1) is 12.8 Å². The smallest absolute Gasteiger partial charge is 0.225 e. The van der Waals surface area contributed by atoms with Crippen LogP contribution in [-0.4, -0.2) is 55.0 Å². The second-order valence-electron chi connectivity index (χ2n) is 10.5. The molecule has 1 aromatic carbocycles. The van der Waals surface area contributed by atoms with Crippen LogP contribution >= 0.6 is 11.8 Å². The quantitative estimate of drug-likeness (QED) is 0.0623. The highest BCUT2D eigenvalue weighted by Crippen LogP contribution is 2.30. The topological polar surface area (TPSA) is 149 Å². The second kappa shape index (κ2) is 18.4. The molecular weight excluding hydrogens is 548 g/mol. The maximum atomic E-state index is 9.52. The van der Waals surface area contributed by atoms with Gasteiger partial charge >= 0.3 is 0 Å². The van der Waals surface area contributed by atoms with Gasteiger partial charge in [-0.15, -0.1) is 11.8 Å². The Balaban J connectivity index is 0.000000928. The van der Waals surface area contributed by atoms with Gasteiger partial charge in [0.05, 0.1) is 11.3 Å². The van der Waals surface area contributed by atoms with E-state index >= 15 is 0 Å². The van der Waals surface area contributed by atoms with E-state index in [9.17, 15) is 5.11 Å². The lowest BCUT2D eigenvalue weighted by Gasteiger charge is -2.29. The number of thioether (sulfide) groups is 1. The normalized spacial score (nSPS) is 18.0. The van der Waals surface area contributed by atoms with E-state index in [4.69, 9.17) is 30.9 Å². The molecule has 1 aliphatic carbocycles. The van der Waals surface area contributed by atoms with Crippen molar-refractivity contribution in [2.75, 3.05) is 29.2 Å². The first kappa shape index (κ1) is 35.0. The molecule has 0 saturated heterocycles. The lowest BCUT2D eigenvalue weighted by Crippen LogP contribution is -2.29. The zero-order chi connectivity index (χ0) is 31.0. The van der Waals surface area contributed by atoms with E-state index in [1.54, 1.807) is 24.9 Å². The number of hydrogen-bond acceptors (Lipinski definition) is 10. The van der Waals surface area contributed by atoms with Gasteiger partial charge in [-0.25, -0.2) is 9.98 Å². The van der Waals surface area contributed by atoms with Crippen LogP contribution in [0.2, 0.25) is 0 Å².